The second kappa shape index (κ2) is 4.15. The Kier molecular flexibility index (Phi) is 3.00. The van der Waals surface area contributed by atoms with Crippen molar-refractivity contribution in [3.63, 3.8) is 0 Å². The van der Waals surface area contributed by atoms with E-state index in [1.54, 1.807) is 6.07 Å². The Balaban J connectivity index is 2.37. The fraction of sp³-hybridized carbons (Fsp3) is 0.538. The lowest BCUT2D eigenvalue weighted by Crippen LogP contribution is -2.44. The van der Waals surface area contributed by atoms with Gasteiger partial charge in [-0.3, -0.25) is 0 Å². The monoisotopic (exact) mass is 223 g/mol. The lowest BCUT2D eigenvalue weighted by Gasteiger charge is -2.38. The van der Waals surface area contributed by atoms with E-state index in [2.05, 4.69) is 4.90 Å². The zero-order chi connectivity index (χ0) is 11.8. The van der Waals surface area contributed by atoms with E-state index in [9.17, 15) is 9.50 Å². The molecule has 0 saturated carbocycles. The van der Waals surface area contributed by atoms with Crippen LogP contribution in [-0.2, 0) is 5.60 Å². The maximum atomic E-state index is 13.2. The summed E-state index contributed by atoms with van der Waals surface area (Å²) in [5, 5.41) is 10.6. The maximum absolute atomic E-state index is 13.2. The highest BCUT2D eigenvalue weighted by Crippen LogP contribution is 2.33. The Hall–Kier alpha value is -0.930. The number of nitrogens with zero attached hydrogens (tertiary/aromatic N) is 1. The molecule has 0 bridgehead atoms. The molecule has 1 saturated heterocycles. The molecule has 1 aliphatic heterocycles. The third-order valence-electron chi connectivity index (χ3n) is 3.36. The number of aryl methyl sites for hydroxylation is 1. The summed E-state index contributed by atoms with van der Waals surface area (Å²) in [7, 11) is 1.98. The summed E-state index contributed by atoms with van der Waals surface area (Å²) in [6, 6.07) is 4.64. The number of piperidine rings is 1. The highest BCUT2D eigenvalue weighted by atomic mass is 19.1. The van der Waals surface area contributed by atoms with Crippen molar-refractivity contribution in [3.05, 3.63) is 35.1 Å². The van der Waals surface area contributed by atoms with E-state index in [-0.39, 0.29) is 5.82 Å². The number of rotatable bonds is 1. The number of halogens is 1. The molecule has 88 valence electrons. The van der Waals surface area contributed by atoms with Gasteiger partial charge in [-0.2, -0.15) is 0 Å². The van der Waals surface area contributed by atoms with Gasteiger partial charge in [0.05, 0.1) is 0 Å². The molecule has 0 amide bonds. The van der Waals surface area contributed by atoms with Crippen LogP contribution in [-0.4, -0.2) is 30.1 Å². The molecular formula is C13H18FNO. The molecule has 1 aromatic rings. The number of likely N-dealkylation sites (N-methyl/N-ethyl adjacent to an activating group) is 1. The van der Waals surface area contributed by atoms with Gasteiger partial charge >= 0.3 is 0 Å². The summed E-state index contributed by atoms with van der Waals surface area (Å²) < 4.78 is 13.2. The van der Waals surface area contributed by atoms with Gasteiger partial charge in [0.2, 0.25) is 0 Å². The molecule has 3 heteroatoms. The largest absolute Gasteiger partial charge is 0.384 e. The number of benzene rings is 1. The molecular weight excluding hydrogens is 205 g/mol. The van der Waals surface area contributed by atoms with Crippen LogP contribution in [0.15, 0.2) is 18.2 Å². The molecule has 1 N–H and O–H groups in total. The predicted octanol–water partition coefficient (Wildman–Crippen LogP) is 2.05. The highest BCUT2D eigenvalue weighted by Gasteiger charge is 2.34. The van der Waals surface area contributed by atoms with Crippen LogP contribution >= 0.6 is 0 Å². The second-order valence-electron chi connectivity index (χ2n) is 4.83. The van der Waals surface area contributed by atoms with E-state index in [0.717, 1.165) is 24.1 Å². The summed E-state index contributed by atoms with van der Waals surface area (Å²) in [6.45, 7) is 3.50. The zero-order valence-electron chi connectivity index (χ0n) is 9.83. The molecule has 0 spiro atoms. The third-order valence-corrected chi connectivity index (χ3v) is 3.36. The highest BCUT2D eigenvalue weighted by molar-refractivity contribution is 5.32. The Morgan fingerprint density at radius 3 is 2.88 bits per heavy atom. The maximum Gasteiger partial charge on any atom is 0.123 e. The lowest BCUT2D eigenvalue weighted by molar-refractivity contribution is -0.0284. The smallest absolute Gasteiger partial charge is 0.123 e. The average Bonchev–Trinajstić information content (AvgIpc) is 2.21. The van der Waals surface area contributed by atoms with Gasteiger partial charge in [-0.15, -0.1) is 0 Å². The fourth-order valence-electron chi connectivity index (χ4n) is 2.56. The normalized spacial score (nSPS) is 27.0. The quantitative estimate of drug-likeness (QED) is 0.787. The van der Waals surface area contributed by atoms with Crippen LogP contribution in [0.5, 0.6) is 0 Å². The number of β-amino-alcohol motifs (C(OH)–C–C–N with tert-alkyl or cyclic N) is 1. The number of hydrogen-bond acceptors (Lipinski definition) is 2. The Morgan fingerprint density at radius 1 is 1.44 bits per heavy atom. The van der Waals surface area contributed by atoms with E-state index in [0.29, 0.717) is 13.0 Å². The van der Waals surface area contributed by atoms with Gasteiger partial charge in [-0.05, 0) is 56.6 Å². The number of aliphatic hydroxyl groups is 1. The summed E-state index contributed by atoms with van der Waals surface area (Å²) in [6.07, 6.45) is 1.66. The average molecular weight is 223 g/mol. The van der Waals surface area contributed by atoms with E-state index >= 15 is 0 Å². The fourth-order valence-corrected chi connectivity index (χ4v) is 2.56. The Labute approximate surface area is 95.7 Å². The summed E-state index contributed by atoms with van der Waals surface area (Å²) in [4.78, 5) is 2.09. The minimum atomic E-state index is -0.890. The van der Waals surface area contributed by atoms with Crippen molar-refractivity contribution in [1.82, 2.24) is 4.90 Å². The Morgan fingerprint density at radius 2 is 2.19 bits per heavy atom. The van der Waals surface area contributed by atoms with E-state index in [1.807, 2.05) is 14.0 Å². The van der Waals surface area contributed by atoms with Gasteiger partial charge in [-0.1, -0.05) is 6.07 Å². The number of hydrogen-bond donors (Lipinski definition) is 1. The van der Waals surface area contributed by atoms with Crippen molar-refractivity contribution in [2.75, 3.05) is 20.1 Å². The molecule has 0 radical (unpaired) electrons. The molecule has 1 unspecified atom stereocenters. The van der Waals surface area contributed by atoms with Crippen LogP contribution < -0.4 is 0 Å². The first kappa shape index (κ1) is 11.6. The van der Waals surface area contributed by atoms with Crippen LogP contribution in [0, 0.1) is 12.7 Å². The molecule has 1 atom stereocenters. The van der Waals surface area contributed by atoms with Crippen molar-refractivity contribution in [2.45, 2.75) is 25.4 Å². The summed E-state index contributed by atoms with van der Waals surface area (Å²) >= 11 is 0. The van der Waals surface area contributed by atoms with Crippen molar-refractivity contribution in [2.24, 2.45) is 0 Å². The molecule has 1 aliphatic rings. The molecule has 2 rings (SSSR count). The topological polar surface area (TPSA) is 23.5 Å². The van der Waals surface area contributed by atoms with E-state index in [1.165, 1.54) is 12.1 Å². The summed E-state index contributed by atoms with van der Waals surface area (Å²) in [5.41, 5.74) is 0.803. The first-order valence-corrected chi connectivity index (χ1v) is 5.69. The van der Waals surface area contributed by atoms with Crippen LogP contribution in [0.25, 0.3) is 0 Å². The minimum absolute atomic E-state index is 0.276. The first-order valence-electron chi connectivity index (χ1n) is 5.69. The van der Waals surface area contributed by atoms with Crippen molar-refractivity contribution in [3.8, 4) is 0 Å². The molecule has 1 aromatic carbocycles. The van der Waals surface area contributed by atoms with Gasteiger partial charge in [0.25, 0.3) is 0 Å². The minimum Gasteiger partial charge on any atom is -0.384 e. The van der Waals surface area contributed by atoms with Crippen LogP contribution in [0.1, 0.15) is 24.0 Å². The van der Waals surface area contributed by atoms with Gasteiger partial charge in [0.1, 0.15) is 11.4 Å². The molecule has 16 heavy (non-hydrogen) atoms. The van der Waals surface area contributed by atoms with Crippen LogP contribution in [0.3, 0.4) is 0 Å². The number of likely N-dealkylation sites (tertiary alicyclic amines) is 1. The van der Waals surface area contributed by atoms with Gasteiger partial charge in [-0.25, -0.2) is 4.39 Å². The molecule has 0 aliphatic carbocycles. The molecule has 1 heterocycles. The van der Waals surface area contributed by atoms with Gasteiger partial charge < -0.3 is 10.0 Å². The van der Waals surface area contributed by atoms with Crippen molar-refractivity contribution < 1.29 is 9.50 Å². The predicted molar refractivity (Wildman–Crippen MR) is 61.8 cm³/mol. The van der Waals surface area contributed by atoms with E-state index < -0.39 is 5.60 Å². The lowest BCUT2D eigenvalue weighted by atomic mass is 9.83. The molecule has 2 nitrogen and oxygen atoms in total. The van der Waals surface area contributed by atoms with Crippen molar-refractivity contribution in [1.29, 1.82) is 0 Å². The van der Waals surface area contributed by atoms with Crippen LogP contribution in [0.4, 0.5) is 4.39 Å². The summed E-state index contributed by atoms with van der Waals surface area (Å²) in [5.74, 6) is -0.276. The molecule has 0 aromatic heterocycles. The van der Waals surface area contributed by atoms with E-state index in [4.69, 9.17) is 0 Å². The van der Waals surface area contributed by atoms with Gasteiger partial charge in [0.15, 0.2) is 0 Å². The van der Waals surface area contributed by atoms with Crippen LogP contribution in [0.2, 0.25) is 0 Å². The zero-order valence-corrected chi connectivity index (χ0v) is 9.83. The first-order chi connectivity index (χ1) is 7.51. The SMILES string of the molecule is Cc1ccc(F)cc1C1(O)CCCN(C)C1. The van der Waals surface area contributed by atoms with Crippen molar-refractivity contribution >= 4 is 0 Å². The van der Waals surface area contributed by atoms with Gasteiger partial charge in [0, 0.05) is 6.54 Å². The molecule has 1 fully saturated rings. The standard InChI is InChI=1S/C13H18FNO/c1-10-4-5-11(14)8-12(10)13(16)6-3-7-15(2)9-13/h4-5,8,16H,3,6-7,9H2,1-2H3. The second-order valence-corrected chi connectivity index (χ2v) is 4.83. The Bertz CT molecular complexity index is 394. The third kappa shape index (κ3) is 2.11.